The molecule has 18 heavy (non-hydrogen) atoms. The molecular formula is C16H20N2. The monoisotopic (exact) mass is 240 g/mol. The van der Waals surface area contributed by atoms with Crippen molar-refractivity contribution >= 4 is 0 Å². The predicted octanol–water partition coefficient (Wildman–Crippen LogP) is 3.46. The van der Waals surface area contributed by atoms with Crippen LogP contribution >= 0.6 is 0 Å². The quantitative estimate of drug-likeness (QED) is 0.786. The van der Waals surface area contributed by atoms with Gasteiger partial charge in [0.2, 0.25) is 0 Å². The lowest BCUT2D eigenvalue weighted by molar-refractivity contribution is 0.522. The smallest absolute Gasteiger partial charge is 0.0952 e. The van der Waals surface area contributed by atoms with Crippen LogP contribution in [0, 0.1) is 6.92 Å². The molecule has 1 aromatic heterocycles. The van der Waals surface area contributed by atoms with Crippen molar-refractivity contribution in [3.8, 4) is 0 Å². The Bertz CT molecular complexity index is 579. The van der Waals surface area contributed by atoms with E-state index < -0.39 is 0 Å². The molecule has 3 rings (SSSR count). The number of imidazole rings is 1. The largest absolute Gasteiger partial charge is 0.333 e. The number of aromatic nitrogens is 2. The van der Waals surface area contributed by atoms with Crippen LogP contribution in [0.3, 0.4) is 0 Å². The van der Waals surface area contributed by atoms with E-state index in [4.69, 9.17) is 0 Å². The molecule has 0 saturated carbocycles. The van der Waals surface area contributed by atoms with E-state index in [-0.39, 0.29) is 0 Å². The molecule has 94 valence electrons. The van der Waals surface area contributed by atoms with Crippen LogP contribution < -0.4 is 0 Å². The number of aryl methyl sites for hydroxylation is 2. The third kappa shape index (κ3) is 1.96. The van der Waals surface area contributed by atoms with Crippen LogP contribution in [-0.2, 0) is 18.4 Å². The third-order valence-electron chi connectivity index (χ3n) is 4.05. The molecule has 1 aliphatic rings. The van der Waals surface area contributed by atoms with Crippen molar-refractivity contribution in [3.05, 3.63) is 53.1 Å². The lowest BCUT2D eigenvalue weighted by Gasteiger charge is -2.19. The van der Waals surface area contributed by atoms with Gasteiger partial charge in [-0.2, -0.15) is 0 Å². The minimum absolute atomic E-state index is 0.343. The molecule has 1 aromatic carbocycles. The first-order chi connectivity index (χ1) is 8.54. The zero-order valence-electron chi connectivity index (χ0n) is 11.4. The Labute approximate surface area is 109 Å². The molecule has 0 saturated heterocycles. The highest BCUT2D eigenvalue weighted by atomic mass is 15.0. The van der Waals surface area contributed by atoms with E-state index in [2.05, 4.69) is 47.8 Å². The van der Waals surface area contributed by atoms with Crippen LogP contribution in [0.25, 0.3) is 0 Å². The first kappa shape index (κ1) is 11.5. The van der Waals surface area contributed by atoms with Gasteiger partial charge in [-0.05, 0) is 41.9 Å². The van der Waals surface area contributed by atoms with Crippen molar-refractivity contribution in [1.29, 1.82) is 0 Å². The number of fused-ring (bicyclic) bond motifs is 1. The van der Waals surface area contributed by atoms with Crippen LogP contribution in [-0.4, -0.2) is 9.55 Å². The van der Waals surface area contributed by atoms with E-state index >= 15 is 0 Å². The summed E-state index contributed by atoms with van der Waals surface area (Å²) >= 11 is 0. The fourth-order valence-corrected chi connectivity index (χ4v) is 2.92. The van der Waals surface area contributed by atoms with Gasteiger partial charge in [-0.1, -0.05) is 32.0 Å². The Balaban J connectivity index is 1.91. The summed E-state index contributed by atoms with van der Waals surface area (Å²) in [5.41, 5.74) is 5.87. The van der Waals surface area contributed by atoms with Gasteiger partial charge in [0.1, 0.15) is 0 Å². The van der Waals surface area contributed by atoms with Gasteiger partial charge in [0.15, 0.2) is 0 Å². The zero-order chi connectivity index (χ0) is 12.8. The molecule has 2 aromatic rings. The molecule has 0 fully saturated rings. The van der Waals surface area contributed by atoms with E-state index in [1.54, 1.807) is 0 Å². The number of rotatable bonds is 2. The highest BCUT2D eigenvalue weighted by Gasteiger charge is 2.29. The van der Waals surface area contributed by atoms with Crippen LogP contribution in [0.5, 0.6) is 0 Å². The summed E-state index contributed by atoms with van der Waals surface area (Å²) in [6.45, 7) is 7.65. The SMILES string of the molecule is Cc1cn(Cc2ccc3c(c2)C(C)(C)CC3)cn1. The lowest BCUT2D eigenvalue weighted by atomic mass is 9.86. The second-order valence-corrected chi connectivity index (χ2v) is 6.06. The maximum Gasteiger partial charge on any atom is 0.0952 e. The first-order valence-corrected chi connectivity index (χ1v) is 6.65. The van der Waals surface area contributed by atoms with E-state index in [1.807, 2.05) is 13.3 Å². The zero-order valence-corrected chi connectivity index (χ0v) is 11.4. The lowest BCUT2D eigenvalue weighted by Crippen LogP contribution is -2.12. The number of nitrogens with zero attached hydrogens (tertiary/aromatic N) is 2. The van der Waals surface area contributed by atoms with Gasteiger partial charge in [-0.3, -0.25) is 0 Å². The molecule has 2 heteroatoms. The van der Waals surface area contributed by atoms with E-state index in [9.17, 15) is 0 Å². The molecule has 0 radical (unpaired) electrons. The predicted molar refractivity (Wildman–Crippen MR) is 73.9 cm³/mol. The summed E-state index contributed by atoms with van der Waals surface area (Å²) in [5, 5.41) is 0. The summed E-state index contributed by atoms with van der Waals surface area (Å²) in [7, 11) is 0. The first-order valence-electron chi connectivity index (χ1n) is 6.65. The molecule has 0 aliphatic heterocycles. The van der Waals surface area contributed by atoms with Gasteiger partial charge >= 0.3 is 0 Å². The molecule has 0 amide bonds. The van der Waals surface area contributed by atoms with Crippen molar-refractivity contribution in [3.63, 3.8) is 0 Å². The highest BCUT2D eigenvalue weighted by Crippen LogP contribution is 2.38. The Kier molecular flexibility index (Phi) is 2.54. The Hall–Kier alpha value is -1.57. The van der Waals surface area contributed by atoms with Gasteiger partial charge in [0, 0.05) is 12.7 Å². The molecule has 0 N–H and O–H groups in total. The van der Waals surface area contributed by atoms with E-state index in [0.29, 0.717) is 5.41 Å². The van der Waals surface area contributed by atoms with Crippen LogP contribution in [0.1, 0.15) is 42.7 Å². The highest BCUT2D eigenvalue weighted by molar-refractivity contribution is 5.41. The molecule has 0 spiro atoms. The number of hydrogen-bond donors (Lipinski definition) is 0. The van der Waals surface area contributed by atoms with Gasteiger partial charge in [-0.25, -0.2) is 4.98 Å². The van der Waals surface area contributed by atoms with Crippen molar-refractivity contribution < 1.29 is 0 Å². The fourth-order valence-electron chi connectivity index (χ4n) is 2.92. The summed E-state index contributed by atoms with van der Waals surface area (Å²) in [5.74, 6) is 0. The maximum atomic E-state index is 4.28. The Morgan fingerprint density at radius 2 is 2.17 bits per heavy atom. The van der Waals surface area contributed by atoms with Gasteiger partial charge in [-0.15, -0.1) is 0 Å². The molecule has 2 nitrogen and oxygen atoms in total. The fraction of sp³-hybridized carbons (Fsp3) is 0.438. The number of benzene rings is 1. The summed E-state index contributed by atoms with van der Waals surface area (Å²) in [4.78, 5) is 4.28. The topological polar surface area (TPSA) is 17.8 Å². The van der Waals surface area contributed by atoms with Crippen LogP contribution in [0.15, 0.2) is 30.7 Å². The standard InChI is InChI=1S/C16H20N2/c1-12-9-18(11-17-12)10-13-4-5-14-6-7-16(2,3)15(14)8-13/h4-5,8-9,11H,6-7,10H2,1-3H3. The molecule has 0 bridgehead atoms. The van der Waals surface area contributed by atoms with Gasteiger partial charge in [0.25, 0.3) is 0 Å². The second-order valence-electron chi connectivity index (χ2n) is 6.06. The second kappa shape index (κ2) is 3.98. The van der Waals surface area contributed by atoms with Crippen molar-refractivity contribution in [2.24, 2.45) is 0 Å². The maximum absolute atomic E-state index is 4.28. The average Bonchev–Trinajstić information content (AvgIpc) is 2.85. The minimum Gasteiger partial charge on any atom is -0.333 e. The van der Waals surface area contributed by atoms with Crippen LogP contribution in [0.4, 0.5) is 0 Å². The molecule has 1 aliphatic carbocycles. The third-order valence-corrected chi connectivity index (χ3v) is 4.05. The van der Waals surface area contributed by atoms with Gasteiger partial charge < -0.3 is 4.57 Å². The normalized spacial score (nSPS) is 16.8. The summed E-state index contributed by atoms with van der Waals surface area (Å²) < 4.78 is 2.15. The summed E-state index contributed by atoms with van der Waals surface area (Å²) in [6.07, 6.45) is 6.51. The molecule has 0 unspecified atom stereocenters. The van der Waals surface area contributed by atoms with Gasteiger partial charge in [0.05, 0.1) is 12.0 Å². The summed E-state index contributed by atoms with van der Waals surface area (Å²) in [6, 6.07) is 6.95. The van der Waals surface area contributed by atoms with E-state index in [0.717, 1.165) is 12.2 Å². The molecular weight excluding hydrogens is 220 g/mol. The van der Waals surface area contributed by atoms with E-state index in [1.165, 1.54) is 29.5 Å². The number of hydrogen-bond acceptors (Lipinski definition) is 1. The average molecular weight is 240 g/mol. The van der Waals surface area contributed by atoms with Crippen LogP contribution in [0.2, 0.25) is 0 Å². The van der Waals surface area contributed by atoms with Crippen molar-refractivity contribution in [1.82, 2.24) is 9.55 Å². The van der Waals surface area contributed by atoms with Crippen molar-refractivity contribution in [2.75, 3.05) is 0 Å². The Morgan fingerprint density at radius 1 is 1.33 bits per heavy atom. The Morgan fingerprint density at radius 3 is 2.89 bits per heavy atom. The van der Waals surface area contributed by atoms with Crippen molar-refractivity contribution in [2.45, 2.75) is 45.6 Å². The minimum atomic E-state index is 0.343. The molecule has 1 heterocycles. The molecule has 0 atom stereocenters.